The molecule has 3 N–H and O–H groups in total. The van der Waals surface area contributed by atoms with Crippen molar-refractivity contribution in [1.82, 2.24) is 15.3 Å². The molecule has 5 heteroatoms. The number of hydrogen-bond acceptors (Lipinski definition) is 4. The normalized spacial score (nSPS) is 12.2. The number of rotatable bonds is 4. The minimum Gasteiger partial charge on any atom is -0.350 e. The molecule has 1 rings (SSSR count). The quantitative estimate of drug-likeness (QED) is 0.737. The lowest BCUT2D eigenvalue weighted by atomic mass is 10.2. The molecule has 0 fully saturated rings. The van der Waals surface area contributed by atoms with E-state index in [0.29, 0.717) is 18.8 Å². The van der Waals surface area contributed by atoms with Gasteiger partial charge < -0.3 is 11.1 Å². The number of amides is 1. The number of aromatic nitrogens is 2. The first-order valence-electron chi connectivity index (χ1n) is 4.88. The molecule has 0 radical (unpaired) electrons. The first kappa shape index (κ1) is 11.6. The minimum atomic E-state index is -0.114. The van der Waals surface area contributed by atoms with E-state index in [2.05, 4.69) is 15.3 Å². The highest BCUT2D eigenvalue weighted by atomic mass is 16.1. The van der Waals surface area contributed by atoms with Gasteiger partial charge in [-0.25, -0.2) is 9.97 Å². The molecule has 0 aliphatic carbocycles. The van der Waals surface area contributed by atoms with Crippen LogP contribution in [0.2, 0.25) is 0 Å². The van der Waals surface area contributed by atoms with Crippen molar-refractivity contribution < 1.29 is 4.79 Å². The lowest BCUT2D eigenvalue weighted by Crippen LogP contribution is -2.29. The van der Waals surface area contributed by atoms with Crippen molar-refractivity contribution in [1.29, 1.82) is 0 Å². The summed E-state index contributed by atoms with van der Waals surface area (Å²) >= 11 is 0. The van der Waals surface area contributed by atoms with E-state index in [-0.39, 0.29) is 11.9 Å². The summed E-state index contributed by atoms with van der Waals surface area (Å²) in [6.07, 6.45) is 2.01. The van der Waals surface area contributed by atoms with Gasteiger partial charge in [0.05, 0.1) is 12.2 Å². The SMILES string of the molecule is Cc1nccc(CNC(=O)CC(C)N)n1. The van der Waals surface area contributed by atoms with Crippen LogP contribution in [-0.4, -0.2) is 21.9 Å². The van der Waals surface area contributed by atoms with Gasteiger partial charge in [-0.05, 0) is 19.9 Å². The zero-order chi connectivity index (χ0) is 11.3. The molecule has 1 amide bonds. The highest BCUT2D eigenvalue weighted by molar-refractivity contribution is 5.76. The Morgan fingerprint density at radius 3 is 3.00 bits per heavy atom. The van der Waals surface area contributed by atoms with Gasteiger partial charge in [-0.1, -0.05) is 0 Å². The average molecular weight is 208 g/mol. The fraction of sp³-hybridized carbons (Fsp3) is 0.500. The Morgan fingerprint density at radius 2 is 2.40 bits per heavy atom. The number of aryl methyl sites for hydroxylation is 1. The van der Waals surface area contributed by atoms with E-state index in [0.717, 1.165) is 5.69 Å². The van der Waals surface area contributed by atoms with Crippen molar-refractivity contribution in [3.63, 3.8) is 0 Å². The van der Waals surface area contributed by atoms with E-state index in [1.807, 2.05) is 6.92 Å². The molecule has 1 aromatic heterocycles. The summed E-state index contributed by atoms with van der Waals surface area (Å²) in [5.41, 5.74) is 6.31. The number of carbonyl (C=O) groups excluding carboxylic acids is 1. The van der Waals surface area contributed by atoms with E-state index >= 15 is 0 Å². The van der Waals surface area contributed by atoms with E-state index in [4.69, 9.17) is 5.73 Å². The second kappa shape index (κ2) is 5.41. The molecule has 82 valence electrons. The van der Waals surface area contributed by atoms with Crippen molar-refractivity contribution >= 4 is 5.91 Å². The first-order valence-corrected chi connectivity index (χ1v) is 4.88. The molecule has 5 nitrogen and oxygen atoms in total. The molecule has 0 aliphatic rings. The van der Waals surface area contributed by atoms with E-state index in [1.165, 1.54) is 0 Å². The monoisotopic (exact) mass is 208 g/mol. The van der Waals surface area contributed by atoms with Crippen molar-refractivity contribution in [2.75, 3.05) is 0 Å². The van der Waals surface area contributed by atoms with Crippen LogP contribution in [0.15, 0.2) is 12.3 Å². The van der Waals surface area contributed by atoms with Gasteiger partial charge in [0.1, 0.15) is 5.82 Å². The third-order valence-electron chi connectivity index (χ3n) is 1.81. The molecule has 0 bridgehead atoms. The van der Waals surface area contributed by atoms with Gasteiger partial charge in [0, 0.05) is 18.7 Å². The predicted molar refractivity (Wildman–Crippen MR) is 56.9 cm³/mol. The Hall–Kier alpha value is -1.49. The smallest absolute Gasteiger partial charge is 0.221 e. The summed E-state index contributed by atoms with van der Waals surface area (Å²) in [5, 5.41) is 2.75. The van der Waals surface area contributed by atoms with Crippen LogP contribution in [-0.2, 0) is 11.3 Å². The highest BCUT2D eigenvalue weighted by Gasteiger charge is 2.04. The number of nitrogens with zero attached hydrogens (tertiary/aromatic N) is 2. The maximum Gasteiger partial charge on any atom is 0.221 e. The number of nitrogens with one attached hydrogen (secondary N) is 1. The van der Waals surface area contributed by atoms with Gasteiger partial charge in [-0.2, -0.15) is 0 Å². The fourth-order valence-electron chi connectivity index (χ4n) is 1.16. The standard InChI is InChI=1S/C10H16N4O/c1-7(11)5-10(15)13-6-9-3-4-12-8(2)14-9/h3-4,7H,5-6,11H2,1-2H3,(H,13,15). The molecule has 0 saturated heterocycles. The fourth-order valence-corrected chi connectivity index (χ4v) is 1.16. The van der Waals surface area contributed by atoms with Crippen LogP contribution < -0.4 is 11.1 Å². The van der Waals surface area contributed by atoms with Crippen LogP contribution in [0.4, 0.5) is 0 Å². The molecular formula is C10H16N4O. The Balaban J connectivity index is 2.40. The van der Waals surface area contributed by atoms with E-state index < -0.39 is 0 Å². The average Bonchev–Trinajstić information content (AvgIpc) is 2.14. The van der Waals surface area contributed by atoms with Crippen LogP contribution in [0, 0.1) is 6.92 Å². The molecule has 15 heavy (non-hydrogen) atoms. The number of carbonyl (C=O) groups is 1. The van der Waals surface area contributed by atoms with Crippen molar-refractivity contribution in [3.8, 4) is 0 Å². The van der Waals surface area contributed by atoms with Crippen LogP contribution in [0.1, 0.15) is 24.9 Å². The minimum absolute atomic E-state index is 0.0544. The lowest BCUT2D eigenvalue weighted by Gasteiger charge is -2.06. The van der Waals surface area contributed by atoms with Gasteiger partial charge in [0.15, 0.2) is 0 Å². The van der Waals surface area contributed by atoms with Crippen LogP contribution in [0.5, 0.6) is 0 Å². The second-order valence-corrected chi connectivity index (χ2v) is 3.55. The Kier molecular flexibility index (Phi) is 4.17. The maximum absolute atomic E-state index is 11.3. The van der Waals surface area contributed by atoms with Crippen molar-refractivity contribution in [2.45, 2.75) is 32.9 Å². The lowest BCUT2D eigenvalue weighted by molar-refractivity contribution is -0.121. The van der Waals surface area contributed by atoms with E-state index in [9.17, 15) is 4.79 Å². The summed E-state index contributed by atoms with van der Waals surface area (Å²) in [5.74, 6) is 0.648. The van der Waals surface area contributed by atoms with Gasteiger partial charge >= 0.3 is 0 Å². The van der Waals surface area contributed by atoms with Gasteiger partial charge in [-0.15, -0.1) is 0 Å². The maximum atomic E-state index is 11.3. The zero-order valence-electron chi connectivity index (χ0n) is 9.03. The Morgan fingerprint density at radius 1 is 1.67 bits per heavy atom. The molecule has 1 heterocycles. The van der Waals surface area contributed by atoms with Crippen molar-refractivity contribution in [3.05, 3.63) is 23.8 Å². The summed E-state index contributed by atoms with van der Waals surface area (Å²) in [6.45, 7) is 4.04. The first-order chi connectivity index (χ1) is 7.08. The van der Waals surface area contributed by atoms with Crippen molar-refractivity contribution in [2.24, 2.45) is 5.73 Å². The zero-order valence-corrected chi connectivity index (χ0v) is 9.03. The largest absolute Gasteiger partial charge is 0.350 e. The third-order valence-corrected chi connectivity index (χ3v) is 1.81. The summed E-state index contributed by atoms with van der Waals surface area (Å²) in [4.78, 5) is 19.4. The topological polar surface area (TPSA) is 80.9 Å². The van der Waals surface area contributed by atoms with Gasteiger partial charge in [0.25, 0.3) is 0 Å². The predicted octanol–water partition coefficient (Wildman–Crippen LogP) is 0.139. The molecule has 1 aromatic rings. The van der Waals surface area contributed by atoms with Crippen LogP contribution in [0.3, 0.4) is 0 Å². The molecule has 0 spiro atoms. The Labute approximate surface area is 89.1 Å². The van der Waals surface area contributed by atoms with Gasteiger partial charge in [-0.3, -0.25) is 4.79 Å². The third kappa shape index (κ3) is 4.51. The molecule has 0 saturated carbocycles. The molecule has 0 aliphatic heterocycles. The number of nitrogens with two attached hydrogens (primary N) is 1. The summed E-state index contributed by atoms with van der Waals surface area (Å²) < 4.78 is 0. The number of hydrogen-bond donors (Lipinski definition) is 2. The van der Waals surface area contributed by atoms with Crippen LogP contribution >= 0.6 is 0 Å². The molecule has 1 unspecified atom stereocenters. The second-order valence-electron chi connectivity index (χ2n) is 3.55. The van der Waals surface area contributed by atoms with Crippen LogP contribution in [0.25, 0.3) is 0 Å². The molecule has 0 aromatic carbocycles. The molecule has 1 atom stereocenters. The molecular weight excluding hydrogens is 192 g/mol. The summed E-state index contributed by atoms with van der Waals surface area (Å²) in [6, 6.07) is 1.66. The summed E-state index contributed by atoms with van der Waals surface area (Å²) in [7, 11) is 0. The Bertz CT molecular complexity index is 338. The highest BCUT2D eigenvalue weighted by Crippen LogP contribution is 1.94. The van der Waals surface area contributed by atoms with Gasteiger partial charge in [0.2, 0.25) is 5.91 Å². The van der Waals surface area contributed by atoms with E-state index in [1.54, 1.807) is 19.2 Å².